The highest BCUT2D eigenvalue weighted by Crippen LogP contribution is 2.45. The molecule has 0 N–H and O–H groups in total. The first kappa shape index (κ1) is 31.9. The maximum atomic E-state index is 6.60. The lowest BCUT2D eigenvalue weighted by atomic mass is 9.96. The summed E-state index contributed by atoms with van der Waals surface area (Å²) in [6, 6.07) is 63.7. The van der Waals surface area contributed by atoms with Gasteiger partial charge in [0.15, 0.2) is 17.5 Å². The van der Waals surface area contributed by atoms with Gasteiger partial charge in [0.05, 0.1) is 16.7 Å². The third kappa shape index (κ3) is 4.98. The van der Waals surface area contributed by atoms with Crippen LogP contribution >= 0.6 is 11.3 Å². The van der Waals surface area contributed by atoms with Gasteiger partial charge in [-0.2, -0.15) is 0 Å². The number of aromatic nitrogens is 4. The van der Waals surface area contributed by atoms with Gasteiger partial charge < -0.3 is 8.98 Å². The van der Waals surface area contributed by atoms with Gasteiger partial charge in [0.25, 0.3) is 0 Å². The Kier molecular flexibility index (Phi) is 7.03. The smallest absolute Gasteiger partial charge is 0.164 e. The summed E-state index contributed by atoms with van der Waals surface area (Å²) in [5, 5.41) is 7.05. The molecule has 0 aliphatic rings. The lowest BCUT2D eigenvalue weighted by molar-refractivity contribution is 0.669. The Morgan fingerprint density at radius 2 is 0.947 bits per heavy atom. The van der Waals surface area contributed by atoms with Crippen molar-refractivity contribution in [3.05, 3.63) is 182 Å². The van der Waals surface area contributed by atoms with Gasteiger partial charge in [-0.05, 0) is 53.6 Å². The molecule has 0 amide bonds. The van der Waals surface area contributed by atoms with Crippen molar-refractivity contribution in [2.45, 2.75) is 0 Å². The first-order chi connectivity index (χ1) is 28.3. The molecule has 6 heteroatoms. The molecule has 12 aromatic rings. The molecule has 4 heterocycles. The Bertz CT molecular complexity index is 3420. The molecule has 0 aliphatic heterocycles. The van der Waals surface area contributed by atoms with Crippen LogP contribution in [0.25, 0.3) is 115 Å². The number of furan rings is 1. The quantitative estimate of drug-likeness (QED) is 0.176. The van der Waals surface area contributed by atoms with E-state index >= 15 is 0 Å². The van der Waals surface area contributed by atoms with E-state index in [1.165, 1.54) is 47.7 Å². The van der Waals surface area contributed by atoms with E-state index in [9.17, 15) is 0 Å². The molecule has 266 valence electrons. The summed E-state index contributed by atoms with van der Waals surface area (Å²) in [7, 11) is 0. The van der Waals surface area contributed by atoms with E-state index in [-0.39, 0.29) is 0 Å². The molecule has 0 unspecified atom stereocenters. The number of benzene rings is 8. The van der Waals surface area contributed by atoms with Crippen LogP contribution < -0.4 is 0 Å². The lowest BCUT2D eigenvalue weighted by Gasteiger charge is -2.11. The van der Waals surface area contributed by atoms with Crippen molar-refractivity contribution < 1.29 is 4.42 Å². The van der Waals surface area contributed by atoms with E-state index in [0.717, 1.165) is 49.8 Å². The van der Waals surface area contributed by atoms with Crippen molar-refractivity contribution >= 4 is 75.3 Å². The van der Waals surface area contributed by atoms with E-state index in [1.54, 1.807) is 0 Å². The Morgan fingerprint density at radius 3 is 1.61 bits per heavy atom. The zero-order chi connectivity index (χ0) is 37.5. The van der Waals surface area contributed by atoms with Crippen molar-refractivity contribution in [1.29, 1.82) is 0 Å². The molecule has 0 saturated heterocycles. The second kappa shape index (κ2) is 12.6. The second-order valence-corrected chi connectivity index (χ2v) is 15.4. The van der Waals surface area contributed by atoms with Gasteiger partial charge in [-0.25, -0.2) is 15.0 Å². The maximum Gasteiger partial charge on any atom is 0.164 e. The van der Waals surface area contributed by atoms with Crippen molar-refractivity contribution in [3.8, 4) is 51.0 Å². The van der Waals surface area contributed by atoms with E-state index in [2.05, 4.69) is 114 Å². The zero-order valence-electron chi connectivity index (χ0n) is 30.4. The molecule has 5 nitrogen and oxygen atoms in total. The van der Waals surface area contributed by atoms with Crippen molar-refractivity contribution in [2.24, 2.45) is 0 Å². The summed E-state index contributed by atoms with van der Waals surface area (Å²) < 4.78 is 11.5. The number of nitrogens with zero attached hydrogens (tertiary/aromatic N) is 4. The number of hydrogen-bond acceptors (Lipinski definition) is 5. The summed E-state index contributed by atoms with van der Waals surface area (Å²) in [6.07, 6.45) is 0. The van der Waals surface area contributed by atoms with Crippen molar-refractivity contribution in [3.63, 3.8) is 0 Å². The number of para-hydroxylation sites is 2. The molecule has 0 aliphatic carbocycles. The number of fused-ring (bicyclic) bond motifs is 9. The summed E-state index contributed by atoms with van der Waals surface area (Å²) in [5.41, 5.74) is 10.2. The number of rotatable bonds is 5. The predicted octanol–water partition coefficient (Wildman–Crippen LogP) is 13.9. The van der Waals surface area contributed by atoms with Crippen molar-refractivity contribution in [2.75, 3.05) is 0 Å². The first-order valence-corrected chi connectivity index (χ1v) is 19.8. The fourth-order valence-electron chi connectivity index (χ4n) is 8.57. The molecule has 4 aromatic heterocycles. The van der Waals surface area contributed by atoms with Gasteiger partial charge in [0.1, 0.15) is 11.2 Å². The van der Waals surface area contributed by atoms with Crippen LogP contribution in [0.1, 0.15) is 0 Å². The van der Waals surface area contributed by atoms with E-state index < -0.39 is 0 Å². The standard InChI is InChI=1S/C51H30N4OS/c1-3-14-31(15-4-1)49-52-50(32-16-5-2-6-17-32)54-51(53-49)38-21-12-26-43-48(38)47-34(20-11-25-42(47)56-43)33-28-29-37-45(30-33)57-44-27-13-24-41(46(37)44)55-39-22-9-7-18-35(39)36-19-8-10-23-40(36)55/h1-30H. The molecule has 12 rings (SSSR count). The minimum atomic E-state index is 0.600. The molecule has 0 bridgehead atoms. The molecule has 57 heavy (non-hydrogen) atoms. The SMILES string of the molecule is c1ccc(-c2nc(-c3ccccc3)nc(-c3cccc4oc5cccc(-c6ccc7c(c6)sc6cccc(-n8c9ccccc9c9ccccc98)c67)c5c34)n2)cc1. The van der Waals surface area contributed by atoms with Crippen LogP contribution in [0.4, 0.5) is 0 Å². The predicted molar refractivity (Wildman–Crippen MR) is 236 cm³/mol. The number of hydrogen-bond donors (Lipinski definition) is 0. The van der Waals surface area contributed by atoms with Crippen LogP contribution in [-0.2, 0) is 0 Å². The Hall–Kier alpha value is -7.41. The van der Waals surface area contributed by atoms with Crippen molar-refractivity contribution in [1.82, 2.24) is 19.5 Å². The van der Waals surface area contributed by atoms with Crippen LogP contribution in [-0.4, -0.2) is 19.5 Å². The summed E-state index contributed by atoms with van der Waals surface area (Å²) in [5.74, 6) is 1.85. The highest BCUT2D eigenvalue weighted by atomic mass is 32.1. The third-order valence-electron chi connectivity index (χ3n) is 11.1. The highest BCUT2D eigenvalue weighted by molar-refractivity contribution is 7.26. The molecular formula is C51H30N4OS. The van der Waals surface area contributed by atoms with E-state index in [0.29, 0.717) is 17.5 Å². The van der Waals surface area contributed by atoms with Gasteiger partial charge in [-0.15, -0.1) is 11.3 Å². The van der Waals surface area contributed by atoms with E-state index in [1.807, 2.05) is 84.1 Å². The molecule has 0 saturated carbocycles. The fraction of sp³-hybridized carbons (Fsp3) is 0. The second-order valence-electron chi connectivity index (χ2n) is 14.3. The van der Waals surface area contributed by atoms with Crippen LogP contribution in [0, 0.1) is 0 Å². The normalized spacial score (nSPS) is 11.9. The molecule has 8 aromatic carbocycles. The minimum Gasteiger partial charge on any atom is -0.456 e. The van der Waals surface area contributed by atoms with Gasteiger partial charge >= 0.3 is 0 Å². The zero-order valence-corrected chi connectivity index (χ0v) is 31.2. The molecule has 0 spiro atoms. The fourth-order valence-corrected chi connectivity index (χ4v) is 9.73. The van der Waals surface area contributed by atoms with Crippen LogP contribution in [0.3, 0.4) is 0 Å². The monoisotopic (exact) mass is 746 g/mol. The van der Waals surface area contributed by atoms with Crippen LogP contribution in [0.15, 0.2) is 186 Å². The first-order valence-electron chi connectivity index (χ1n) is 19.0. The Labute approximate surface area is 330 Å². The summed E-state index contributed by atoms with van der Waals surface area (Å²) in [6.45, 7) is 0. The third-order valence-corrected chi connectivity index (χ3v) is 12.2. The minimum absolute atomic E-state index is 0.600. The molecule has 0 atom stereocenters. The number of thiophene rings is 1. The van der Waals surface area contributed by atoms with Gasteiger partial charge in [0, 0.05) is 58.4 Å². The van der Waals surface area contributed by atoms with Crippen LogP contribution in [0.2, 0.25) is 0 Å². The van der Waals surface area contributed by atoms with E-state index in [4.69, 9.17) is 19.4 Å². The van der Waals surface area contributed by atoms with Gasteiger partial charge in [0.2, 0.25) is 0 Å². The maximum absolute atomic E-state index is 6.60. The Morgan fingerprint density at radius 1 is 0.386 bits per heavy atom. The Balaban J connectivity index is 1.06. The lowest BCUT2D eigenvalue weighted by Crippen LogP contribution is -2.00. The average Bonchev–Trinajstić information content (AvgIpc) is 3.96. The average molecular weight is 747 g/mol. The largest absolute Gasteiger partial charge is 0.456 e. The summed E-state index contributed by atoms with van der Waals surface area (Å²) >= 11 is 1.84. The van der Waals surface area contributed by atoms with Gasteiger partial charge in [-0.1, -0.05) is 140 Å². The van der Waals surface area contributed by atoms with Crippen LogP contribution in [0.5, 0.6) is 0 Å². The topological polar surface area (TPSA) is 56.7 Å². The molecule has 0 radical (unpaired) electrons. The summed E-state index contributed by atoms with van der Waals surface area (Å²) in [4.78, 5) is 15.2. The molecular weight excluding hydrogens is 717 g/mol. The molecule has 0 fully saturated rings. The van der Waals surface area contributed by atoms with Gasteiger partial charge in [-0.3, -0.25) is 0 Å². The highest BCUT2D eigenvalue weighted by Gasteiger charge is 2.21.